The molecule has 1 aliphatic rings. The molecule has 1 aromatic heterocycles. The van der Waals surface area contributed by atoms with Gasteiger partial charge in [0.25, 0.3) is 5.91 Å². The number of carbonyl (C=O) groups is 1. The van der Waals surface area contributed by atoms with Gasteiger partial charge in [-0.1, -0.05) is 49.4 Å². The van der Waals surface area contributed by atoms with Crippen LogP contribution < -0.4 is 5.32 Å². The van der Waals surface area contributed by atoms with Gasteiger partial charge in [-0.15, -0.1) is 10.2 Å². The highest BCUT2D eigenvalue weighted by atomic mass is 32.2. The molecular formula is C22H24N4O3S2. The number of anilines is 1. The number of hydrogen-bond acceptors (Lipinski definition) is 6. The van der Waals surface area contributed by atoms with Gasteiger partial charge in [-0.3, -0.25) is 10.1 Å². The average molecular weight is 457 g/mol. The predicted octanol–water partition coefficient (Wildman–Crippen LogP) is 3.74. The quantitative estimate of drug-likeness (QED) is 0.610. The van der Waals surface area contributed by atoms with Gasteiger partial charge in [0.2, 0.25) is 15.2 Å². The fourth-order valence-corrected chi connectivity index (χ4v) is 5.87. The summed E-state index contributed by atoms with van der Waals surface area (Å²) in [6, 6.07) is 13.9. The van der Waals surface area contributed by atoms with Gasteiger partial charge in [0, 0.05) is 25.1 Å². The van der Waals surface area contributed by atoms with Crippen LogP contribution in [0, 0.1) is 5.92 Å². The highest BCUT2D eigenvalue weighted by Gasteiger charge is 2.28. The van der Waals surface area contributed by atoms with E-state index in [2.05, 4.69) is 29.4 Å². The van der Waals surface area contributed by atoms with Gasteiger partial charge in [0.15, 0.2) is 0 Å². The van der Waals surface area contributed by atoms with E-state index in [0.717, 1.165) is 17.0 Å². The molecule has 7 nitrogen and oxygen atoms in total. The van der Waals surface area contributed by atoms with Crippen LogP contribution in [0.25, 0.3) is 0 Å². The van der Waals surface area contributed by atoms with Crippen LogP contribution in [0.4, 0.5) is 5.13 Å². The second kappa shape index (κ2) is 8.86. The predicted molar refractivity (Wildman–Crippen MR) is 121 cm³/mol. The van der Waals surface area contributed by atoms with E-state index in [1.165, 1.54) is 45.5 Å². The smallest absolute Gasteiger partial charge is 0.257 e. The Morgan fingerprint density at radius 1 is 1.10 bits per heavy atom. The SMILES string of the molecule is CC(C)Cc1nnc(NC(=O)c2ccc(S(=O)(=O)N3CCc4ccccc4C3)cc2)s1. The van der Waals surface area contributed by atoms with Crippen LogP contribution in [0.5, 0.6) is 0 Å². The molecule has 0 saturated carbocycles. The fourth-order valence-electron chi connectivity index (χ4n) is 3.51. The first kappa shape index (κ1) is 21.6. The minimum Gasteiger partial charge on any atom is -0.296 e. The number of nitrogens with one attached hydrogen (secondary N) is 1. The lowest BCUT2D eigenvalue weighted by molar-refractivity contribution is 0.102. The van der Waals surface area contributed by atoms with Crippen molar-refractivity contribution >= 4 is 32.4 Å². The zero-order chi connectivity index (χ0) is 22.0. The Morgan fingerprint density at radius 2 is 1.81 bits per heavy atom. The molecule has 0 spiro atoms. The van der Waals surface area contributed by atoms with Crippen molar-refractivity contribution in [1.82, 2.24) is 14.5 Å². The molecule has 0 atom stereocenters. The molecule has 1 N–H and O–H groups in total. The summed E-state index contributed by atoms with van der Waals surface area (Å²) in [4.78, 5) is 12.7. The summed E-state index contributed by atoms with van der Waals surface area (Å²) in [5.74, 6) is 0.113. The first-order valence-electron chi connectivity index (χ1n) is 10.1. The van der Waals surface area contributed by atoms with Crippen molar-refractivity contribution in [1.29, 1.82) is 0 Å². The number of hydrogen-bond donors (Lipinski definition) is 1. The van der Waals surface area contributed by atoms with E-state index in [4.69, 9.17) is 0 Å². The van der Waals surface area contributed by atoms with Crippen LogP contribution in [0.15, 0.2) is 53.4 Å². The Balaban J connectivity index is 1.45. The molecule has 162 valence electrons. The van der Waals surface area contributed by atoms with Crippen molar-refractivity contribution in [3.63, 3.8) is 0 Å². The summed E-state index contributed by atoms with van der Waals surface area (Å²) in [5, 5.41) is 12.1. The van der Waals surface area contributed by atoms with E-state index in [-0.39, 0.29) is 10.8 Å². The molecule has 0 unspecified atom stereocenters. The van der Waals surface area contributed by atoms with Crippen LogP contribution in [-0.4, -0.2) is 35.4 Å². The van der Waals surface area contributed by atoms with E-state index in [0.29, 0.717) is 36.1 Å². The Morgan fingerprint density at radius 3 is 2.52 bits per heavy atom. The molecule has 2 aromatic carbocycles. The van der Waals surface area contributed by atoms with E-state index < -0.39 is 10.0 Å². The molecule has 1 aliphatic heterocycles. The lowest BCUT2D eigenvalue weighted by Crippen LogP contribution is -2.35. The maximum Gasteiger partial charge on any atom is 0.257 e. The van der Waals surface area contributed by atoms with Crippen molar-refractivity contribution in [2.24, 2.45) is 5.92 Å². The van der Waals surface area contributed by atoms with E-state index in [9.17, 15) is 13.2 Å². The van der Waals surface area contributed by atoms with Crippen molar-refractivity contribution in [2.75, 3.05) is 11.9 Å². The molecule has 1 amide bonds. The number of carbonyl (C=O) groups excluding carboxylic acids is 1. The molecule has 9 heteroatoms. The monoisotopic (exact) mass is 456 g/mol. The zero-order valence-corrected chi connectivity index (χ0v) is 19.0. The van der Waals surface area contributed by atoms with Gasteiger partial charge in [-0.2, -0.15) is 4.31 Å². The molecule has 4 rings (SSSR count). The minimum absolute atomic E-state index is 0.179. The summed E-state index contributed by atoms with van der Waals surface area (Å²) in [6.45, 7) is 4.99. The molecule has 0 aliphatic carbocycles. The molecule has 0 radical (unpaired) electrons. The zero-order valence-electron chi connectivity index (χ0n) is 17.4. The highest BCUT2D eigenvalue weighted by Crippen LogP contribution is 2.25. The number of amides is 1. The van der Waals surface area contributed by atoms with Crippen molar-refractivity contribution < 1.29 is 13.2 Å². The Bertz CT molecular complexity index is 1190. The average Bonchev–Trinajstić information content (AvgIpc) is 3.19. The lowest BCUT2D eigenvalue weighted by atomic mass is 10.0. The molecule has 2 heterocycles. The third kappa shape index (κ3) is 4.84. The summed E-state index contributed by atoms with van der Waals surface area (Å²) in [7, 11) is -3.63. The third-order valence-electron chi connectivity index (χ3n) is 5.12. The van der Waals surface area contributed by atoms with Gasteiger partial charge < -0.3 is 0 Å². The molecular weight excluding hydrogens is 432 g/mol. The van der Waals surface area contributed by atoms with Crippen LogP contribution in [0.2, 0.25) is 0 Å². The van der Waals surface area contributed by atoms with E-state index >= 15 is 0 Å². The second-order valence-corrected chi connectivity index (χ2v) is 10.9. The number of nitrogens with zero attached hydrogens (tertiary/aromatic N) is 3. The minimum atomic E-state index is -3.63. The Kier molecular flexibility index (Phi) is 6.17. The molecule has 0 saturated heterocycles. The van der Waals surface area contributed by atoms with Crippen LogP contribution >= 0.6 is 11.3 Å². The number of fused-ring (bicyclic) bond motifs is 1. The van der Waals surface area contributed by atoms with Crippen LogP contribution in [0.1, 0.15) is 40.3 Å². The number of benzene rings is 2. The first-order chi connectivity index (χ1) is 14.8. The van der Waals surface area contributed by atoms with Gasteiger partial charge in [0.1, 0.15) is 5.01 Å². The van der Waals surface area contributed by atoms with Gasteiger partial charge in [-0.05, 0) is 47.7 Å². The van der Waals surface area contributed by atoms with Gasteiger partial charge >= 0.3 is 0 Å². The standard InChI is InChI=1S/C22H24N4O3S2/c1-15(2)13-20-24-25-22(30-20)23-21(27)17-7-9-19(10-8-17)31(28,29)26-12-11-16-5-3-4-6-18(16)14-26/h3-10,15H,11-14H2,1-2H3,(H,23,25,27). The van der Waals surface area contributed by atoms with E-state index in [1.807, 2.05) is 24.3 Å². The van der Waals surface area contributed by atoms with Gasteiger partial charge in [0.05, 0.1) is 4.90 Å². The Hall–Kier alpha value is -2.62. The van der Waals surface area contributed by atoms with Crippen LogP contribution in [-0.2, 0) is 29.4 Å². The first-order valence-corrected chi connectivity index (χ1v) is 12.4. The van der Waals surface area contributed by atoms with E-state index in [1.54, 1.807) is 0 Å². The summed E-state index contributed by atoms with van der Waals surface area (Å²) in [5.41, 5.74) is 2.58. The maximum absolute atomic E-state index is 13.1. The number of sulfonamides is 1. The largest absolute Gasteiger partial charge is 0.296 e. The topological polar surface area (TPSA) is 92.3 Å². The van der Waals surface area contributed by atoms with Gasteiger partial charge in [-0.25, -0.2) is 8.42 Å². The molecule has 31 heavy (non-hydrogen) atoms. The normalized spacial score (nSPS) is 14.4. The Labute approximate surface area is 186 Å². The summed E-state index contributed by atoms with van der Waals surface area (Å²) >= 11 is 1.35. The molecule has 0 bridgehead atoms. The third-order valence-corrected chi connectivity index (χ3v) is 7.84. The highest BCUT2D eigenvalue weighted by molar-refractivity contribution is 7.89. The number of rotatable bonds is 6. The molecule has 0 fully saturated rings. The summed E-state index contributed by atoms with van der Waals surface area (Å²) < 4.78 is 27.6. The van der Waals surface area contributed by atoms with Crippen LogP contribution in [0.3, 0.4) is 0 Å². The second-order valence-electron chi connectivity index (χ2n) is 7.93. The maximum atomic E-state index is 13.1. The van der Waals surface area contributed by atoms with Crippen molar-refractivity contribution in [3.05, 3.63) is 70.2 Å². The van der Waals surface area contributed by atoms with Crippen molar-refractivity contribution in [3.8, 4) is 0 Å². The van der Waals surface area contributed by atoms with Crippen molar-refractivity contribution in [2.45, 2.75) is 38.1 Å². The lowest BCUT2D eigenvalue weighted by Gasteiger charge is -2.28. The summed E-state index contributed by atoms with van der Waals surface area (Å²) in [6.07, 6.45) is 1.50. The molecule has 3 aromatic rings. The number of aromatic nitrogens is 2. The fraction of sp³-hybridized carbons (Fsp3) is 0.318.